The van der Waals surface area contributed by atoms with Crippen LogP contribution in [-0.4, -0.2) is 44.5 Å². The summed E-state index contributed by atoms with van der Waals surface area (Å²) >= 11 is 0. The molecule has 3 N–H and O–H groups in total. The van der Waals surface area contributed by atoms with Crippen LogP contribution in [0.1, 0.15) is 0 Å². The number of rotatable bonds is 0. The van der Waals surface area contributed by atoms with Crippen LogP contribution in [0.4, 0.5) is 0 Å². The van der Waals surface area contributed by atoms with E-state index in [4.69, 9.17) is 14.7 Å². The molecule has 1 aliphatic rings. The Morgan fingerprint density at radius 1 is 1.08 bits per heavy atom. The second-order valence-corrected chi connectivity index (χ2v) is 1.59. The van der Waals surface area contributed by atoms with Gasteiger partial charge in [0.15, 0.2) is 0 Å². The van der Waals surface area contributed by atoms with Gasteiger partial charge >= 0.3 is 18.9 Å². The van der Waals surface area contributed by atoms with Gasteiger partial charge in [0.2, 0.25) is 0 Å². The fraction of sp³-hybridized carbons (Fsp3) is 0.667. The number of hydrogen-bond acceptors (Lipinski definition) is 4. The van der Waals surface area contributed by atoms with Crippen LogP contribution in [0.15, 0.2) is 0 Å². The smallest absolute Gasteiger partial charge is 0.665 e. The van der Waals surface area contributed by atoms with E-state index in [2.05, 4.69) is 10.6 Å². The summed E-state index contributed by atoms with van der Waals surface area (Å²) in [5.74, 6) is 0. The van der Waals surface area contributed by atoms with Crippen molar-refractivity contribution in [1.82, 2.24) is 10.6 Å². The van der Waals surface area contributed by atoms with Crippen LogP contribution in [0.3, 0.4) is 0 Å². The standard InChI is InChI=1S/C4H10N2.CHO2.CH2O.Li/c1-2-6-4-3-5-1;2-1-3;1-2;/h5-6H,1-4H2;(H,2,3);1H2;/q;-1;;+1. The first-order valence-corrected chi connectivity index (χ1v) is 3.13. The molecule has 6 heteroatoms. The molecule has 66 valence electrons. The van der Waals surface area contributed by atoms with Gasteiger partial charge in [-0.1, -0.05) is 6.47 Å². The Bertz CT molecular complexity index is 69.7. The van der Waals surface area contributed by atoms with Crippen molar-refractivity contribution in [2.45, 2.75) is 0 Å². The molecule has 0 bridgehead atoms. The predicted octanol–water partition coefficient (Wildman–Crippen LogP) is -4.39. The minimum Gasteiger partial charge on any atom is -0.665 e. The number of carbonyl (C=O) groups excluding carboxylic acids is 1. The van der Waals surface area contributed by atoms with Crippen LogP contribution in [0.5, 0.6) is 0 Å². The minimum absolute atomic E-state index is 0. The van der Waals surface area contributed by atoms with Crippen molar-refractivity contribution in [3.8, 4) is 0 Å². The Morgan fingerprint density at radius 3 is 1.33 bits per heavy atom. The quantitative estimate of drug-likeness (QED) is 0.251. The Kier molecular flexibility index (Phi) is 33.0. The third-order valence-corrected chi connectivity index (χ3v) is 0.957. The minimum atomic E-state index is 0. The first-order chi connectivity index (χ1) is 5.41. The van der Waals surface area contributed by atoms with E-state index in [-0.39, 0.29) is 18.9 Å². The van der Waals surface area contributed by atoms with E-state index in [1.807, 2.05) is 6.79 Å². The van der Waals surface area contributed by atoms with E-state index in [0.29, 0.717) is 6.47 Å². The van der Waals surface area contributed by atoms with Crippen molar-refractivity contribution in [2.75, 3.05) is 26.2 Å². The van der Waals surface area contributed by atoms with Gasteiger partial charge in [0.05, 0.1) is 0 Å². The molecule has 1 aliphatic heterocycles. The zero-order valence-corrected chi connectivity index (χ0v) is 7.30. The van der Waals surface area contributed by atoms with Crippen molar-refractivity contribution < 1.29 is 33.6 Å². The summed E-state index contributed by atoms with van der Waals surface area (Å²) in [4.78, 5) is 16.2. The summed E-state index contributed by atoms with van der Waals surface area (Å²) < 4.78 is 0. The van der Waals surface area contributed by atoms with Crippen LogP contribution < -0.4 is 29.5 Å². The molecule has 1 fully saturated rings. The van der Waals surface area contributed by atoms with Crippen LogP contribution in [-0.2, 0) is 9.59 Å². The third kappa shape index (κ3) is 22.6. The topological polar surface area (TPSA) is 78.4 Å². The number of hydrogen-bond donors (Lipinski definition) is 3. The van der Waals surface area contributed by atoms with E-state index in [0.717, 1.165) is 26.2 Å². The molecule has 0 aromatic carbocycles. The number of carbonyl (C=O) groups is 1. The summed E-state index contributed by atoms with van der Waals surface area (Å²) in [6, 6.07) is 0. The molecule has 1 heterocycles. The monoisotopic (exact) mass is 168 g/mol. The Labute approximate surface area is 84.1 Å². The molecular formula is C6H13LiN2O3. The summed E-state index contributed by atoms with van der Waals surface area (Å²) in [5, 5.41) is 13.2. The first kappa shape index (κ1) is 17.7. The van der Waals surface area contributed by atoms with E-state index < -0.39 is 0 Å². The average Bonchev–Trinajstić information content (AvgIpc) is 2.12. The van der Waals surface area contributed by atoms with Gasteiger partial charge in [0.1, 0.15) is 6.79 Å². The van der Waals surface area contributed by atoms with Gasteiger partial charge in [-0.3, -0.25) is 0 Å². The van der Waals surface area contributed by atoms with Crippen molar-refractivity contribution in [1.29, 1.82) is 0 Å². The second-order valence-electron chi connectivity index (χ2n) is 1.59. The Morgan fingerprint density at radius 2 is 1.25 bits per heavy atom. The van der Waals surface area contributed by atoms with Gasteiger partial charge in [-0.05, 0) is 0 Å². The van der Waals surface area contributed by atoms with E-state index in [9.17, 15) is 0 Å². The van der Waals surface area contributed by atoms with Crippen molar-refractivity contribution in [3.05, 3.63) is 0 Å². The van der Waals surface area contributed by atoms with Crippen molar-refractivity contribution in [2.24, 2.45) is 0 Å². The fourth-order valence-corrected chi connectivity index (χ4v) is 0.604. The van der Waals surface area contributed by atoms with Gasteiger partial charge in [-0.15, -0.1) is 0 Å². The van der Waals surface area contributed by atoms with Gasteiger partial charge in [0.25, 0.3) is 0 Å². The molecule has 0 atom stereocenters. The summed E-state index contributed by atoms with van der Waals surface area (Å²) in [6.45, 7) is 7.06. The SMILES string of the molecule is C1CNCCN1.C=O.O=[C-]O.[Li+]. The van der Waals surface area contributed by atoms with Gasteiger partial charge < -0.3 is 25.3 Å². The third-order valence-electron chi connectivity index (χ3n) is 0.957. The van der Waals surface area contributed by atoms with Crippen LogP contribution in [0, 0.1) is 0 Å². The van der Waals surface area contributed by atoms with Gasteiger partial charge in [-0.25, -0.2) is 0 Å². The molecule has 0 spiro atoms. The molecule has 0 saturated carbocycles. The molecule has 1 rings (SSSR count). The maximum absolute atomic E-state index is 8.24. The van der Waals surface area contributed by atoms with Gasteiger partial charge in [-0.2, -0.15) is 0 Å². The summed E-state index contributed by atoms with van der Waals surface area (Å²) in [7, 11) is 0. The predicted molar refractivity (Wildman–Crippen MR) is 41.2 cm³/mol. The van der Waals surface area contributed by atoms with Crippen LogP contribution in [0.2, 0.25) is 0 Å². The van der Waals surface area contributed by atoms with Gasteiger partial charge in [0, 0.05) is 26.2 Å². The summed E-state index contributed by atoms with van der Waals surface area (Å²) in [6.07, 6.45) is 0. The maximum Gasteiger partial charge on any atom is 1.00 e. The molecule has 0 radical (unpaired) electrons. The molecule has 0 aromatic heterocycles. The number of piperazine rings is 1. The van der Waals surface area contributed by atoms with E-state index in [1.54, 1.807) is 0 Å². The van der Waals surface area contributed by atoms with Crippen LogP contribution >= 0.6 is 0 Å². The molecule has 5 nitrogen and oxygen atoms in total. The molecule has 12 heavy (non-hydrogen) atoms. The largest absolute Gasteiger partial charge is 1.00 e. The molecule has 0 aliphatic carbocycles. The molecular weight excluding hydrogens is 155 g/mol. The van der Waals surface area contributed by atoms with Crippen molar-refractivity contribution in [3.63, 3.8) is 0 Å². The molecule has 1 saturated heterocycles. The zero-order valence-electron chi connectivity index (χ0n) is 7.30. The maximum atomic E-state index is 8.24. The fourth-order valence-electron chi connectivity index (χ4n) is 0.604. The zero-order chi connectivity index (χ0) is 8.95. The average molecular weight is 168 g/mol. The molecule has 0 unspecified atom stereocenters. The second kappa shape index (κ2) is 22.4. The summed E-state index contributed by atoms with van der Waals surface area (Å²) in [5.41, 5.74) is 0. The Hall–Kier alpha value is -0.343. The molecule has 0 aromatic rings. The van der Waals surface area contributed by atoms with E-state index >= 15 is 0 Å². The van der Waals surface area contributed by atoms with E-state index in [1.165, 1.54) is 0 Å². The number of aliphatic hydroxyl groups excluding tert-OH is 1. The Balaban J connectivity index is -0.000000119. The normalized spacial score (nSPS) is 13.3. The first-order valence-electron chi connectivity index (χ1n) is 3.13. The number of nitrogens with one attached hydrogen (secondary N) is 2. The molecule has 0 amide bonds. The van der Waals surface area contributed by atoms with Crippen molar-refractivity contribution >= 4 is 13.3 Å². The van der Waals surface area contributed by atoms with Crippen LogP contribution in [0.25, 0.3) is 0 Å².